The van der Waals surface area contributed by atoms with Crippen molar-refractivity contribution in [1.29, 1.82) is 0 Å². The van der Waals surface area contributed by atoms with Crippen LogP contribution in [0.25, 0.3) is 0 Å². The topological polar surface area (TPSA) is 47.0 Å². The number of hydrogen-bond acceptors (Lipinski definition) is 4. The molecule has 0 amide bonds. The monoisotopic (exact) mass is 159 g/mol. The van der Waals surface area contributed by atoms with Crippen molar-refractivity contribution >= 4 is 17.6 Å². The molecule has 0 unspecified atom stereocenters. The smallest absolute Gasteiger partial charge is 0.318 e. The van der Waals surface area contributed by atoms with E-state index in [0.717, 1.165) is 0 Å². The Morgan fingerprint density at radius 3 is 3.10 bits per heavy atom. The molecule has 0 aliphatic carbocycles. The Labute approximate surface area is 63.3 Å². The van der Waals surface area contributed by atoms with E-state index in [2.05, 4.69) is 14.8 Å². The summed E-state index contributed by atoms with van der Waals surface area (Å²) >= 11 is 5.26. The van der Waals surface area contributed by atoms with Crippen molar-refractivity contribution in [3.8, 4) is 6.01 Å². The second-order valence-corrected chi connectivity index (χ2v) is 1.71. The molecule has 0 bridgehead atoms. The molecule has 1 aromatic heterocycles. The fourth-order valence-corrected chi connectivity index (χ4v) is 0.597. The molecule has 0 spiro atoms. The summed E-state index contributed by atoms with van der Waals surface area (Å²) < 4.78 is 4.74. The van der Waals surface area contributed by atoms with Crippen molar-refractivity contribution in [3.63, 3.8) is 0 Å². The summed E-state index contributed by atoms with van der Waals surface area (Å²) in [5, 5.41) is 0. The summed E-state index contributed by atoms with van der Waals surface area (Å²) in [4.78, 5) is 9.95. The molecular formula is C5H6ClN3O. The third-order valence-electron chi connectivity index (χ3n) is 0.913. The van der Waals surface area contributed by atoms with Crippen molar-refractivity contribution in [2.75, 3.05) is 11.9 Å². The van der Waals surface area contributed by atoms with Crippen molar-refractivity contribution in [2.24, 2.45) is 0 Å². The lowest BCUT2D eigenvalue weighted by Crippen LogP contribution is -1.93. The van der Waals surface area contributed by atoms with E-state index >= 15 is 0 Å². The number of nitrogens with zero attached hydrogens (tertiary/aromatic N) is 2. The van der Waals surface area contributed by atoms with Crippen molar-refractivity contribution in [3.05, 3.63) is 12.3 Å². The Morgan fingerprint density at radius 2 is 2.50 bits per heavy atom. The van der Waals surface area contributed by atoms with Crippen LogP contribution in [0.5, 0.6) is 6.01 Å². The highest BCUT2D eigenvalue weighted by molar-refractivity contribution is 6.23. The second kappa shape index (κ2) is 3.22. The molecule has 4 nitrogen and oxygen atoms in total. The van der Waals surface area contributed by atoms with Gasteiger partial charge in [-0.15, -0.1) is 0 Å². The normalized spacial score (nSPS) is 9.00. The van der Waals surface area contributed by atoms with Crippen molar-refractivity contribution < 1.29 is 4.74 Å². The van der Waals surface area contributed by atoms with Gasteiger partial charge in [0, 0.05) is 24.0 Å². The van der Waals surface area contributed by atoms with E-state index in [1.807, 2.05) is 0 Å². The minimum Gasteiger partial charge on any atom is -0.467 e. The van der Waals surface area contributed by atoms with Gasteiger partial charge < -0.3 is 4.74 Å². The number of rotatable bonds is 2. The standard InChI is InChI=1S/C5H6ClN3O/c1-10-5-7-3-2-4(8-5)9-6/h2-3H,1H3,(H,7,8,9). The molecule has 1 aromatic rings. The quantitative estimate of drug-likeness (QED) is 0.656. The van der Waals surface area contributed by atoms with Gasteiger partial charge in [0.25, 0.3) is 0 Å². The van der Waals surface area contributed by atoms with Gasteiger partial charge >= 0.3 is 6.01 Å². The molecule has 0 atom stereocenters. The highest BCUT2D eigenvalue weighted by atomic mass is 35.5. The van der Waals surface area contributed by atoms with Crippen molar-refractivity contribution in [2.45, 2.75) is 0 Å². The maximum Gasteiger partial charge on any atom is 0.318 e. The maximum absolute atomic E-state index is 5.26. The zero-order valence-electron chi connectivity index (χ0n) is 5.34. The fraction of sp³-hybridized carbons (Fsp3) is 0.200. The number of anilines is 1. The van der Waals surface area contributed by atoms with E-state index < -0.39 is 0 Å². The van der Waals surface area contributed by atoms with Crippen LogP contribution >= 0.6 is 11.8 Å². The van der Waals surface area contributed by atoms with Crippen LogP contribution in [0.2, 0.25) is 0 Å². The molecule has 0 saturated carbocycles. The third-order valence-corrected chi connectivity index (χ3v) is 1.11. The van der Waals surface area contributed by atoms with Gasteiger partial charge in [-0.3, -0.25) is 4.84 Å². The summed E-state index contributed by atoms with van der Waals surface area (Å²) in [7, 11) is 1.49. The molecule has 0 aromatic carbocycles. The van der Waals surface area contributed by atoms with Gasteiger partial charge in [0.05, 0.1) is 7.11 Å². The fourth-order valence-electron chi connectivity index (χ4n) is 0.492. The average molecular weight is 160 g/mol. The molecular weight excluding hydrogens is 154 g/mol. The molecule has 5 heteroatoms. The molecule has 0 saturated heterocycles. The Kier molecular flexibility index (Phi) is 2.28. The molecule has 0 aliphatic heterocycles. The minimum absolute atomic E-state index is 0.297. The molecule has 54 valence electrons. The van der Waals surface area contributed by atoms with Gasteiger partial charge in [0.1, 0.15) is 5.82 Å². The Bertz CT molecular complexity index is 199. The lowest BCUT2D eigenvalue weighted by atomic mass is 10.6. The van der Waals surface area contributed by atoms with E-state index in [0.29, 0.717) is 11.8 Å². The van der Waals surface area contributed by atoms with E-state index in [1.165, 1.54) is 7.11 Å². The van der Waals surface area contributed by atoms with Gasteiger partial charge in [-0.05, 0) is 0 Å². The van der Waals surface area contributed by atoms with E-state index in [4.69, 9.17) is 16.5 Å². The van der Waals surface area contributed by atoms with Crippen LogP contribution < -0.4 is 9.57 Å². The van der Waals surface area contributed by atoms with Crippen LogP contribution in [0, 0.1) is 0 Å². The van der Waals surface area contributed by atoms with E-state index in [9.17, 15) is 0 Å². The Morgan fingerprint density at radius 1 is 1.70 bits per heavy atom. The molecule has 1 N–H and O–H groups in total. The summed E-state index contributed by atoms with van der Waals surface area (Å²) in [6.07, 6.45) is 1.55. The van der Waals surface area contributed by atoms with Crippen LogP contribution in [-0.2, 0) is 0 Å². The zero-order chi connectivity index (χ0) is 7.40. The molecule has 0 radical (unpaired) electrons. The van der Waals surface area contributed by atoms with Crippen LogP contribution in [-0.4, -0.2) is 17.1 Å². The van der Waals surface area contributed by atoms with Gasteiger partial charge in [0.15, 0.2) is 0 Å². The molecule has 10 heavy (non-hydrogen) atoms. The summed E-state index contributed by atoms with van der Waals surface area (Å²) in [6, 6.07) is 1.93. The number of hydrogen-bond donors (Lipinski definition) is 1. The predicted molar refractivity (Wildman–Crippen MR) is 38.1 cm³/mol. The molecule has 1 heterocycles. The number of halogens is 1. The van der Waals surface area contributed by atoms with Gasteiger partial charge in [-0.1, -0.05) is 0 Å². The largest absolute Gasteiger partial charge is 0.467 e. The highest BCUT2D eigenvalue weighted by Crippen LogP contribution is 2.06. The third kappa shape index (κ3) is 1.48. The SMILES string of the molecule is COc1nccc(NCl)n1. The minimum atomic E-state index is 0.297. The average Bonchev–Trinajstić information content (AvgIpc) is 2.05. The predicted octanol–water partition coefficient (Wildman–Crippen LogP) is 1.05. The Hall–Kier alpha value is -1.03. The number of nitrogens with one attached hydrogen (secondary N) is 1. The van der Waals surface area contributed by atoms with Gasteiger partial charge in [0.2, 0.25) is 0 Å². The summed E-state index contributed by atoms with van der Waals surface area (Å²) in [6.45, 7) is 0. The first kappa shape index (κ1) is 7.08. The molecule has 1 rings (SSSR count). The van der Waals surface area contributed by atoms with Crippen LogP contribution in [0.1, 0.15) is 0 Å². The van der Waals surface area contributed by atoms with Gasteiger partial charge in [-0.25, -0.2) is 4.98 Å². The molecule has 0 aliphatic rings. The highest BCUT2D eigenvalue weighted by Gasteiger charge is 1.94. The van der Waals surface area contributed by atoms with E-state index in [-0.39, 0.29) is 0 Å². The lowest BCUT2D eigenvalue weighted by molar-refractivity contribution is 0.380. The maximum atomic E-state index is 5.26. The lowest BCUT2D eigenvalue weighted by Gasteiger charge is -1.97. The van der Waals surface area contributed by atoms with Crippen LogP contribution in [0.4, 0.5) is 5.82 Å². The number of methoxy groups -OCH3 is 1. The second-order valence-electron chi connectivity index (χ2n) is 1.52. The van der Waals surface area contributed by atoms with E-state index in [1.54, 1.807) is 12.3 Å². The van der Waals surface area contributed by atoms with Gasteiger partial charge in [-0.2, -0.15) is 4.98 Å². The Balaban J connectivity index is 2.87. The summed E-state index contributed by atoms with van der Waals surface area (Å²) in [5.74, 6) is 0.522. The molecule has 0 fully saturated rings. The number of aromatic nitrogens is 2. The van der Waals surface area contributed by atoms with Crippen molar-refractivity contribution in [1.82, 2.24) is 9.97 Å². The van der Waals surface area contributed by atoms with Crippen LogP contribution in [0.15, 0.2) is 12.3 Å². The first-order valence-electron chi connectivity index (χ1n) is 2.60. The van der Waals surface area contributed by atoms with Crippen LogP contribution in [0.3, 0.4) is 0 Å². The first-order valence-corrected chi connectivity index (χ1v) is 2.98. The zero-order valence-corrected chi connectivity index (χ0v) is 6.09. The summed E-state index contributed by atoms with van der Waals surface area (Å²) in [5.41, 5.74) is 0. The number of ether oxygens (including phenoxy) is 1. The first-order chi connectivity index (χ1) is 4.86.